The van der Waals surface area contributed by atoms with Crippen LogP contribution in [-0.2, 0) is 24.5 Å². The van der Waals surface area contributed by atoms with Crippen LogP contribution >= 0.6 is 7.58 Å². The van der Waals surface area contributed by atoms with Crippen LogP contribution in [0.15, 0.2) is 12.3 Å². The summed E-state index contributed by atoms with van der Waals surface area (Å²) in [4.78, 5) is 16.2. The molecule has 11 heteroatoms. The summed E-state index contributed by atoms with van der Waals surface area (Å²) in [5.41, 5.74) is 1.26. The van der Waals surface area contributed by atoms with Crippen molar-refractivity contribution in [1.29, 1.82) is 0 Å². The van der Waals surface area contributed by atoms with Crippen LogP contribution in [0, 0.1) is 6.92 Å². The van der Waals surface area contributed by atoms with Gasteiger partial charge in [-0.1, -0.05) is 0 Å². The molecule has 0 aliphatic heterocycles. The van der Waals surface area contributed by atoms with E-state index in [1.54, 1.807) is 27.7 Å². The average Bonchev–Trinajstić information content (AvgIpc) is 2.95. The first-order chi connectivity index (χ1) is 12.0. The number of rotatable bonds is 9. The zero-order valence-electron chi connectivity index (χ0n) is 14.4. The molecule has 0 saturated carbocycles. The molecule has 0 radical (unpaired) electrons. The molecular formula is C14H20N3O6PS. The van der Waals surface area contributed by atoms with Crippen LogP contribution < -0.4 is 4.18 Å². The molecule has 138 valence electrons. The fraction of sp³-hybridized carbons (Fsp3) is 0.500. The number of aryl methyl sites for hydroxylation is 1. The van der Waals surface area contributed by atoms with Gasteiger partial charge < -0.3 is 18.0 Å². The van der Waals surface area contributed by atoms with E-state index in [2.05, 4.69) is 10.1 Å². The first kappa shape index (κ1) is 19.7. The topological polar surface area (TPSA) is 101 Å². The van der Waals surface area contributed by atoms with Gasteiger partial charge in [0, 0.05) is 12.3 Å². The Morgan fingerprint density at radius 2 is 1.92 bits per heavy atom. The smallest absolute Gasteiger partial charge is 0.341 e. The summed E-state index contributed by atoms with van der Waals surface area (Å²) >= 11 is 0. The molecule has 0 amide bonds. The molecule has 0 aliphatic rings. The van der Waals surface area contributed by atoms with E-state index in [1.165, 1.54) is 16.8 Å². The second-order valence-corrected chi connectivity index (χ2v) is 7.96. The quantitative estimate of drug-likeness (QED) is 0.476. The van der Waals surface area contributed by atoms with Crippen LogP contribution in [0.5, 0.6) is 5.88 Å². The van der Waals surface area contributed by atoms with Gasteiger partial charge >= 0.3 is 13.5 Å². The Labute approximate surface area is 148 Å². The normalized spacial score (nSPS) is 12.5. The molecule has 2 aromatic heterocycles. The molecular weight excluding hydrogens is 369 g/mol. The summed E-state index contributed by atoms with van der Waals surface area (Å²) in [7, 11) is -3.53. The fourth-order valence-electron chi connectivity index (χ4n) is 1.88. The highest BCUT2D eigenvalue weighted by molar-refractivity contribution is 8.41. The first-order valence-electron chi connectivity index (χ1n) is 7.70. The number of carbonyl (C=O) groups excluding carboxylic acids is 1. The van der Waals surface area contributed by atoms with Crippen molar-refractivity contribution in [2.75, 3.05) is 19.8 Å². The van der Waals surface area contributed by atoms with Crippen molar-refractivity contribution in [3.63, 3.8) is 0 Å². The highest BCUT2D eigenvalue weighted by Gasteiger charge is 2.23. The third-order valence-corrected chi connectivity index (χ3v) is 5.94. The van der Waals surface area contributed by atoms with Crippen LogP contribution in [0.4, 0.5) is 0 Å². The van der Waals surface area contributed by atoms with E-state index in [9.17, 15) is 9.00 Å². The molecule has 1 unspecified atom stereocenters. The third-order valence-electron chi connectivity index (χ3n) is 2.86. The second-order valence-electron chi connectivity index (χ2n) is 4.61. The summed E-state index contributed by atoms with van der Waals surface area (Å²) in [6, 6.07) is 1.52. The second kappa shape index (κ2) is 9.19. The van der Waals surface area contributed by atoms with E-state index in [0.717, 1.165) is 0 Å². The summed E-state index contributed by atoms with van der Waals surface area (Å²) in [5, 5.41) is 4.13. The van der Waals surface area contributed by atoms with Gasteiger partial charge in [-0.05, 0) is 27.7 Å². The van der Waals surface area contributed by atoms with Crippen molar-refractivity contribution in [3.05, 3.63) is 23.5 Å². The van der Waals surface area contributed by atoms with E-state index < -0.39 is 24.2 Å². The van der Waals surface area contributed by atoms with Gasteiger partial charge in [0.1, 0.15) is 0 Å². The van der Waals surface area contributed by atoms with Crippen molar-refractivity contribution in [3.8, 4) is 5.88 Å². The van der Waals surface area contributed by atoms with E-state index in [4.69, 9.17) is 18.0 Å². The van der Waals surface area contributed by atoms with Gasteiger partial charge in [0.2, 0.25) is 0 Å². The van der Waals surface area contributed by atoms with Gasteiger partial charge in [-0.2, -0.15) is 0 Å². The van der Waals surface area contributed by atoms with E-state index in [0.29, 0.717) is 30.1 Å². The van der Waals surface area contributed by atoms with Crippen molar-refractivity contribution in [2.24, 2.45) is 0 Å². The van der Waals surface area contributed by atoms with Crippen LogP contribution in [0.1, 0.15) is 36.8 Å². The maximum atomic E-state index is 12.2. The maximum absolute atomic E-state index is 12.2. The van der Waals surface area contributed by atoms with E-state index in [-0.39, 0.29) is 12.5 Å². The minimum absolute atomic E-state index is 0.0955. The monoisotopic (exact) mass is 389 g/mol. The molecule has 0 N–H and O–H groups in total. The summed E-state index contributed by atoms with van der Waals surface area (Å²) < 4.78 is 34.5. The van der Waals surface area contributed by atoms with Crippen molar-refractivity contribution < 1.29 is 27.0 Å². The molecule has 0 saturated heterocycles. The molecule has 0 fully saturated rings. The molecule has 2 rings (SSSR count). The number of nitrogens with zero attached hydrogens (tertiary/aromatic N) is 3. The Balaban J connectivity index is 2.23. The third kappa shape index (κ3) is 4.94. The molecule has 9 nitrogen and oxygen atoms in total. The summed E-state index contributed by atoms with van der Waals surface area (Å²) in [6.45, 7) is 7.96. The molecule has 0 aromatic carbocycles. The molecule has 0 bridgehead atoms. The van der Waals surface area contributed by atoms with Gasteiger partial charge in [0.05, 0.1) is 31.1 Å². The highest BCUT2D eigenvalue weighted by atomic mass is 32.8. The number of esters is 1. The Bertz CT molecular complexity index is 762. The summed E-state index contributed by atoms with van der Waals surface area (Å²) in [6.07, 6.45) is 1.50. The summed E-state index contributed by atoms with van der Waals surface area (Å²) in [5.74, 6) is -0.384. The van der Waals surface area contributed by atoms with Gasteiger partial charge in [-0.25, -0.2) is 18.5 Å². The van der Waals surface area contributed by atoms with Gasteiger partial charge in [-0.15, -0.1) is 5.10 Å². The average molecular weight is 389 g/mol. The fourth-order valence-corrected chi connectivity index (χ4v) is 4.39. The lowest BCUT2D eigenvalue weighted by Gasteiger charge is -2.12. The van der Waals surface area contributed by atoms with Gasteiger partial charge in [0.15, 0.2) is 5.65 Å². The predicted octanol–water partition coefficient (Wildman–Crippen LogP) is 2.56. The standard InChI is InChI=1S/C14H20N3O6PS/c1-5-20-14(18)11-9-17-12(15-10(11)4)8-13(16-17)23-25(19)24(21-6-2)22-7-3/h8-9H,5-7H2,1-4H3. The minimum Gasteiger partial charge on any atom is -0.462 e. The Hall–Kier alpha value is -1.61. The predicted molar refractivity (Wildman–Crippen MR) is 92.6 cm³/mol. The van der Waals surface area contributed by atoms with Gasteiger partial charge in [0.25, 0.3) is 16.6 Å². The van der Waals surface area contributed by atoms with E-state index in [1.807, 2.05) is 0 Å². The zero-order chi connectivity index (χ0) is 18.4. The number of aromatic nitrogens is 3. The minimum atomic E-state index is -1.83. The molecule has 2 aromatic rings. The zero-order valence-corrected chi connectivity index (χ0v) is 16.1. The maximum Gasteiger partial charge on any atom is 0.341 e. The first-order valence-corrected chi connectivity index (χ1v) is 10.6. The lowest BCUT2D eigenvalue weighted by atomic mass is 10.2. The SMILES string of the molecule is CCOC(=O)c1cn2nc(OS(=O)P(OCC)OCC)cc2nc1C. The van der Waals surface area contributed by atoms with E-state index >= 15 is 0 Å². The number of hydrogen-bond acceptors (Lipinski definition) is 8. The number of fused-ring (bicyclic) bond motifs is 1. The van der Waals surface area contributed by atoms with Gasteiger partial charge in [-0.3, -0.25) is 0 Å². The molecule has 25 heavy (non-hydrogen) atoms. The van der Waals surface area contributed by atoms with Crippen molar-refractivity contribution >= 4 is 29.9 Å². The molecule has 1 atom stereocenters. The lowest BCUT2D eigenvalue weighted by molar-refractivity contribution is 0.0524. The molecule has 2 heterocycles. The Kier molecular flexibility index (Phi) is 7.24. The number of carbonyl (C=O) groups is 1. The van der Waals surface area contributed by atoms with Crippen LogP contribution in [0.25, 0.3) is 5.65 Å². The Morgan fingerprint density at radius 1 is 1.24 bits per heavy atom. The van der Waals surface area contributed by atoms with Crippen LogP contribution in [0.2, 0.25) is 0 Å². The number of ether oxygens (including phenoxy) is 1. The molecule has 0 aliphatic carbocycles. The van der Waals surface area contributed by atoms with Crippen LogP contribution in [0.3, 0.4) is 0 Å². The highest BCUT2D eigenvalue weighted by Crippen LogP contribution is 2.43. The van der Waals surface area contributed by atoms with Crippen molar-refractivity contribution in [2.45, 2.75) is 27.7 Å². The lowest BCUT2D eigenvalue weighted by Crippen LogP contribution is -2.10. The number of hydrogen-bond donors (Lipinski definition) is 0. The Morgan fingerprint density at radius 3 is 2.52 bits per heavy atom. The van der Waals surface area contributed by atoms with Crippen molar-refractivity contribution in [1.82, 2.24) is 14.6 Å². The van der Waals surface area contributed by atoms with Crippen LogP contribution in [-0.4, -0.2) is 44.6 Å². The molecule has 0 spiro atoms. The largest absolute Gasteiger partial charge is 0.462 e.